The maximum Gasteiger partial charge on any atom is 0.313 e. The van der Waals surface area contributed by atoms with E-state index >= 15 is 0 Å². The molecule has 4 rings (SSSR count). The summed E-state index contributed by atoms with van der Waals surface area (Å²) in [6, 6.07) is 16.2. The highest BCUT2D eigenvalue weighted by Gasteiger charge is 2.34. The monoisotopic (exact) mass is 470 g/mol. The van der Waals surface area contributed by atoms with Gasteiger partial charge in [-0.05, 0) is 56.2 Å². The number of benzene rings is 2. The molecule has 0 fully saturated rings. The molecular formula is C28H30N4O3. The molecule has 0 aliphatic rings. The highest BCUT2D eigenvalue weighted by Crippen LogP contribution is 2.39. The molecule has 2 aromatic heterocycles. The molecule has 0 atom stereocenters. The van der Waals surface area contributed by atoms with Gasteiger partial charge in [0.1, 0.15) is 11.6 Å². The van der Waals surface area contributed by atoms with Crippen LogP contribution in [0.3, 0.4) is 0 Å². The van der Waals surface area contributed by atoms with E-state index in [9.17, 15) is 9.90 Å². The minimum absolute atomic E-state index is 0.503. The van der Waals surface area contributed by atoms with Gasteiger partial charge >= 0.3 is 5.97 Å². The Bertz CT molecular complexity index is 1310. The predicted molar refractivity (Wildman–Crippen MR) is 137 cm³/mol. The summed E-state index contributed by atoms with van der Waals surface area (Å²) in [6.07, 6.45) is 7.11. The third kappa shape index (κ3) is 5.35. The molecule has 0 radical (unpaired) electrons. The summed E-state index contributed by atoms with van der Waals surface area (Å²) >= 11 is 0. The lowest BCUT2D eigenvalue weighted by Crippen LogP contribution is -2.29. The molecule has 2 heterocycles. The van der Waals surface area contributed by atoms with Crippen molar-refractivity contribution >= 4 is 11.8 Å². The second-order valence-electron chi connectivity index (χ2n) is 9.16. The van der Waals surface area contributed by atoms with Gasteiger partial charge in [0.2, 0.25) is 0 Å². The number of carbonyl (C=O) groups is 1. The number of pyridine rings is 1. The minimum Gasteiger partial charge on any atom is -0.496 e. The Morgan fingerprint density at radius 3 is 2.60 bits per heavy atom. The molecule has 4 aromatic rings. The summed E-state index contributed by atoms with van der Waals surface area (Å²) in [4.78, 5) is 20.8. The standard InChI is InChI=1S/C28H30N4O3/c1-19-6-5-7-20(12-19)15-30-25-9-8-21(16-31-25)22-13-23(17-32-11-10-29-18-32)26(35-4)24(14-22)28(2,3)27(33)34/h5-14,16,18H,15,17H2,1-4H3,(H,30,31)(H,33,34). The first kappa shape index (κ1) is 24.0. The quantitative estimate of drug-likeness (QED) is 0.346. The van der Waals surface area contributed by atoms with Crippen LogP contribution < -0.4 is 10.1 Å². The van der Waals surface area contributed by atoms with Crippen molar-refractivity contribution in [3.63, 3.8) is 0 Å². The van der Waals surface area contributed by atoms with Crippen molar-refractivity contribution in [1.29, 1.82) is 0 Å². The van der Waals surface area contributed by atoms with Gasteiger partial charge < -0.3 is 19.7 Å². The van der Waals surface area contributed by atoms with E-state index in [1.807, 2.05) is 41.1 Å². The molecule has 180 valence electrons. The molecule has 0 saturated carbocycles. The van der Waals surface area contributed by atoms with E-state index in [4.69, 9.17) is 4.74 Å². The number of hydrogen-bond acceptors (Lipinski definition) is 5. The van der Waals surface area contributed by atoms with Gasteiger partial charge in [0, 0.05) is 41.8 Å². The van der Waals surface area contributed by atoms with Crippen molar-refractivity contribution in [2.24, 2.45) is 0 Å². The van der Waals surface area contributed by atoms with Crippen LogP contribution in [-0.2, 0) is 23.3 Å². The van der Waals surface area contributed by atoms with Gasteiger partial charge in [-0.2, -0.15) is 0 Å². The highest BCUT2D eigenvalue weighted by atomic mass is 16.5. The molecule has 0 aliphatic heterocycles. The van der Waals surface area contributed by atoms with E-state index < -0.39 is 11.4 Å². The smallest absolute Gasteiger partial charge is 0.313 e. The average Bonchev–Trinajstić information content (AvgIpc) is 3.35. The minimum atomic E-state index is -1.15. The largest absolute Gasteiger partial charge is 0.496 e. The van der Waals surface area contributed by atoms with E-state index in [0.717, 1.165) is 22.5 Å². The number of methoxy groups -OCH3 is 1. The Morgan fingerprint density at radius 1 is 1.14 bits per heavy atom. The number of nitrogens with zero attached hydrogens (tertiary/aromatic N) is 3. The Balaban J connectivity index is 1.68. The van der Waals surface area contributed by atoms with Crippen molar-refractivity contribution in [2.45, 2.75) is 39.3 Å². The zero-order valence-electron chi connectivity index (χ0n) is 20.4. The average molecular weight is 471 g/mol. The molecule has 7 nitrogen and oxygen atoms in total. The molecule has 2 aromatic carbocycles. The number of ether oxygens (including phenoxy) is 1. The van der Waals surface area contributed by atoms with Gasteiger partial charge in [0.25, 0.3) is 0 Å². The van der Waals surface area contributed by atoms with Crippen LogP contribution in [0.25, 0.3) is 11.1 Å². The van der Waals surface area contributed by atoms with Crippen LogP contribution >= 0.6 is 0 Å². The Labute approximate surface area is 205 Å². The number of aliphatic carboxylic acids is 1. The van der Waals surface area contributed by atoms with Crippen LogP contribution in [0, 0.1) is 6.92 Å². The molecule has 7 heteroatoms. The second-order valence-corrected chi connectivity index (χ2v) is 9.16. The Morgan fingerprint density at radius 2 is 1.97 bits per heavy atom. The molecule has 0 bridgehead atoms. The van der Waals surface area contributed by atoms with Crippen LogP contribution in [0.1, 0.15) is 36.1 Å². The summed E-state index contributed by atoms with van der Waals surface area (Å²) in [5.74, 6) is 0.420. The highest BCUT2D eigenvalue weighted by molar-refractivity contribution is 5.83. The van der Waals surface area contributed by atoms with Crippen molar-refractivity contribution < 1.29 is 14.6 Å². The van der Waals surface area contributed by atoms with Gasteiger partial charge in [-0.25, -0.2) is 9.97 Å². The van der Waals surface area contributed by atoms with Gasteiger partial charge in [-0.15, -0.1) is 0 Å². The normalized spacial score (nSPS) is 11.3. The van der Waals surface area contributed by atoms with Gasteiger partial charge in [-0.3, -0.25) is 4.79 Å². The summed E-state index contributed by atoms with van der Waals surface area (Å²) in [6.45, 7) is 6.64. The van der Waals surface area contributed by atoms with Crippen molar-refractivity contribution in [2.75, 3.05) is 12.4 Å². The number of rotatable bonds is 9. The fraction of sp³-hybridized carbons (Fsp3) is 0.250. The predicted octanol–water partition coefficient (Wildman–Crippen LogP) is 5.28. The number of nitrogens with one attached hydrogen (secondary N) is 1. The zero-order valence-corrected chi connectivity index (χ0v) is 20.4. The summed E-state index contributed by atoms with van der Waals surface area (Å²) in [5, 5.41) is 13.3. The molecule has 0 amide bonds. The molecule has 0 spiro atoms. The first-order chi connectivity index (χ1) is 16.8. The number of anilines is 1. The lowest BCUT2D eigenvalue weighted by molar-refractivity contribution is -0.142. The van der Waals surface area contributed by atoms with Gasteiger partial charge in [-0.1, -0.05) is 29.8 Å². The summed E-state index contributed by atoms with van der Waals surface area (Å²) in [7, 11) is 1.57. The van der Waals surface area contributed by atoms with E-state index in [1.54, 1.807) is 39.7 Å². The summed E-state index contributed by atoms with van der Waals surface area (Å²) in [5.41, 5.74) is 4.52. The molecule has 0 saturated heterocycles. The third-order valence-corrected chi connectivity index (χ3v) is 6.14. The SMILES string of the molecule is COc1c(Cn2ccnc2)cc(-c2ccc(NCc3cccc(C)c3)nc2)cc1C(C)(C)C(=O)O. The van der Waals surface area contributed by atoms with E-state index in [0.29, 0.717) is 24.4 Å². The zero-order chi connectivity index (χ0) is 25.0. The topological polar surface area (TPSA) is 89.3 Å². The molecule has 0 aliphatic carbocycles. The fourth-order valence-corrected chi connectivity index (χ4v) is 4.05. The van der Waals surface area contributed by atoms with Crippen LogP contribution in [0.4, 0.5) is 5.82 Å². The maximum absolute atomic E-state index is 12.1. The molecule has 35 heavy (non-hydrogen) atoms. The van der Waals surface area contributed by atoms with E-state index in [2.05, 4.69) is 40.4 Å². The van der Waals surface area contributed by atoms with Gasteiger partial charge in [0.15, 0.2) is 0 Å². The Hall–Kier alpha value is -4.13. The number of carboxylic acid groups (broad SMARTS) is 1. The number of hydrogen-bond donors (Lipinski definition) is 2. The molecular weight excluding hydrogens is 440 g/mol. The van der Waals surface area contributed by atoms with Gasteiger partial charge in [0.05, 0.1) is 25.4 Å². The number of carboxylic acids is 1. The number of aryl methyl sites for hydroxylation is 1. The lowest BCUT2D eigenvalue weighted by atomic mass is 9.81. The second kappa shape index (κ2) is 10.0. The lowest BCUT2D eigenvalue weighted by Gasteiger charge is -2.25. The fourth-order valence-electron chi connectivity index (χ4n) is 4.05. The Kier molecular flexibility index (Phi) is 6.87. The summed E-state index contributed by atoms with van der Waals surface area (Å²) < 4.78 is 7.66. The van der Waals surface area contributed by atoms with Crippen LogP contribution in [0.15, 0.2) is 73.4 Å². The van der Waals surface area contributed by atoms with Crippen LogP contribution in [0.2, 0.25) is 0 Å². The first-order valence-corrected chi connectivity index (χ1v) is 11.4. The molecule has 0 unspecified atom stereocenters. The molecule has 2 N–H and O–H groups in total. The van der Waals surface area contributed by atoms with Crippen molar-refractivity contribution in [1.82, 2.24) is 14.5 Å². The maximum atomic E-state index is 12.1. The van der Waals surface area contributed by atoms with E-state index in [1.165, 1.54) is 11.1 Å². The number of aromatic nitrogens is 3. The van der Waals surface area contributed by atoms with Crippen molar-refractivity contribution in [3.05, 3.63) is 95.7 Å². The van der Waals surface area contributed by atoms with Crippen molar-refractivity contribution in [3.8, 4) is 16.9 Å². The third-order valence-electron chi connectivity index (χ3n) is 6.14. The first-order valence-electron chi connectivity index (χ1n) is 11.4. The number of imidazole rings is 1. The van der Waals surface area contributed by atoms with Crippen LogP contribution in [-0.4, -0.2) is 32.7 Å². The van der Waals surface area contributed by atoms with E-state index in [-0.39, 0.29) is 0 Å². The van der Waals surface area contributed by atoms with Crippen LogP contribution in [0.5, 0.6) is 5.75 Å².